The Labute approximate surface area is 169 Å². The monoisotopic (exact) mass is 389 g/mol. The van der Waals surface area contributed by atoms with E-state index in [1.165, 1.54) is 48.7 Å². The number of fused-ring (bicyclic) bond motifs is 2. The number of carbonyl (C=O) groups excluding carboxylic acids is 2. The summed E-state index contributed by atoms with van der Waals surface area (Å²) < 4.78 is 0. The van der Waals surface area contributed by atoms with E-state index in [9.17, 15) is 14.4 Å². The highest BCUT2D eigenvalue weighted by molar-refractivity contribution is 6.28. The molecule has 2 N–H and O–H groups in total. The summed E-state index contributed by atoms with van der Waals surface area (Å²) in [7, 11) is 0. The van der Waals surface area contributed by atoms with Crippen molar-refractivity contribution in [2.24, 2.45) is 0 Å². The number of ketones is 2. The van der Waals surface area contributed by atoms with Crippen LogP contribution >= 0.6 is 0 Å². The van der Waals surface area contributed by atoms with E-state index in [-0.39, 0.29) is 28.3 Å². The summed E-state index contributed by atoms with van der Waals surface area (Å²) in [4.78, 5) is 38.6. The lowest BCUT2D eigenvalue weighted by molar-refractivity contribution is 0.0696. The van der Waals surface area contributed by atoms with Crippen molar-refractivity contribution >= 4 is 17.5 Å². The maximum Gasteiger partial charge on any atom is 0.335 e. The number of carbonyl (C=O) groups is 3. The predicted molar refractivity (Wildman–Crippen MR) is 111 cm³/mol. The normalized spacial score (nSPS) is 11.9. The van der Waals surface area contributed by atoms with Crippen molar-refractivity contribution in [2.45, 2.75) is 33.1 Å². The number of carboxylic acid groups (broad SMARTS) is 1. The zero-order valence-corrected chi connectivity index (χ0v) is 16.5. The summed E-state index contributed by atoms with van der Waals surface area (Å²) in [5, 5.41) is 8.94. The molecular formula is C24H23NO4. The number of aromatic amines is 1. The molecule has 2 aromatic carbocycles. The highest BCUT2D eigenvalue weighted by Gasteiger charge is 2.29. The maximum atomic E-state index is 12.3. The Bertz CT molecular complexity index is 1080. The van der Waals surface area contributed by atoms with Crippen LogP contribution in [0.4, 0.5) is 0 Å². The van der Waals surface area contributed by atoms with Crippen molar-refractivity contribution in [2.75, 3.05) is 0 Å². The van der Waals surface area contributed by atoms with Crippen LogP contribution in [0.3, 0.4) is 0 Å². The van der Waals surface area contributed by atoms with E-state index in [2.05, 4.69) is 24.9 Å². The number of aromatic nitrogens is 1. The first-order chi connectivity index (χ1) is 13.9. The number of benzene rings is 2. The van der Waals surface area contributed by atoms with Crippen LogP contribution < -0.4 is 0 Å². The predicted octanol–water partition coefficient (Wildman–Crippen LogP) is 4.83. The first-order valence-electron chi connectivity index (χ1n) is 9.62. The van der Waals surface area contributed by atoms with Gasteiger partial charge in [-0.1, -0.05) is 37.6 Å². The molecule has 0 unspecified atom stereocenters. The Morgan fingerprint density at radius 1 is 0.931 bits per heavy atom. The third-order valence-corrected chi connectivity index (χ3v) is 5.04. The molecule has 1 aliphatic rings. The number of hydrogen-bond acceptors (Lipinski definition) is 3. The molecular weight excluding hydrogens is 366 g/mol. The first kappa shape index (κ1) is 20.3. The summed E-state index contributed by atoms with van der Waals surface area (Å²) in [6.07, 6.45) is 5.83. The van der Waals surface area contributed by atoms with Crippen molar-refractivity contribution < 1.29 is 19.5 Å². The summed E-state index contributed by atoms with van der Waals surface area (Å²) in [6.45, 7) is 4.35. The van der Waals surface area contributed by atoms with Gasteiger partial charge in [-0.2, -0.15) is 0 Å². The molecule has 1 heterocycles. The molecule has 0 aliphatic heterocycles. The van der Waals surface area contributed by atoms with Crippen LogP contribution in [0, 0.1) is 6.92 Å². The van der Waals surface area contributed by atoms with Crippen LogP contribution in [0.5, 0.6) is 0 Å². The molecule has 0 bridgehead atoms. The highest BCUT2D eigenvalue weighted by atomic mass is 16.4. The second kappa shape index (κ2) is 8.69. The average molecular weight is 389 g/mol. The lowest BCUT2D eigenvalue weighted by atomic mass is 9.83. The molecule has 4 rings (SSSR count). The summed E-state index contributed by atoms with van der Waals surface area (Å²) in [5.74, 6) is -1.68. The van der Waals surface area contributed by atoms with Gasteiger partial charge in [0.25, 0.3) is 0 Å². The molecule has 5 heteroatoms. The number of H-pyrrole nitrogens is 1. The topological polar surface area (TPSA) is 87.2 Å². The van der Waals surface area contributed by atoms with Gasteiger partial charge in [-0.15, -0.1) is 0 Å². The minimum Gasteiger partial charge on any atom is -0.478 e. The Morgan fingerprint density at radius 2 is 1.55 bits per heavy atom. The minimum atomic E-state index is -1.12. The SMILES string of the molecule is CCCCc1cc[nH]c1C.O=C(O)c1ccc2c(c1)C(=O)c1ccccc1C2=O. The molecule has 148 valence electrons. The Morgan fingerprint density at radius 3 is 2.10 bits per heavy atom. The second-order valence-corrected chi connectivity index (χ2v) is 7.00. The zero-order valence-electron chi connectivity index (χ0n) is 16.5. The molecule has 5 nitrogen and oxygen atoms in total. The molecule has 1 aromatic heterocycles. The Balaban J connectivity index is 0.000000204. The number of aryl methyl sites for hydroxylation is 2. The van der Waals surface area contributed by atoms with E-state index in [1.807, 2.05) is 6.20 Å². The van der Waals surface area contributed by atoms with Gasteiger partial charge in [0.1, 0.15) is 0 Å². The highest BCUT2D eigenvalue weighted by Crippen LogP contribution is 2.27. The minimum absolute atomic E-state index is 0.000666. The fraction of sp³-hybridized carbons (Fsp3) is 0.208. The zero-order chi connectivity index (χ0) is 21.0. The Hall–Kier alpha value is -3.47. The van der Waals surface area contributed by atoms with Gasteiger partial charge >= 0.3 is 5.97 Å². The summed E-state index contributed by atoms with van der Waals surface area (Å²) >= 11 is 0. The van der Waals surface area contributed by atoms with Gasteiger partial charge in [0.15, 0.2) is 11.6 Å². The number of hydrogen-bond donors (Lipinski definition) is 2. The molecule has 3 aromatic rings. The van der Waals surface area contributed by atoms with E-state index >= 15 is 0 Å². The van der Waals surface area contributed by atoms with Crippen LogP contribution in [0.15, 0.2) is 54.7 Å². The van der Waals surface area contributed by atoms with Crippen molar-refractivity contribution in [3.05, 3.63) is 93.8 Å². The smallest absolute Gasteiger partial charge is 0.335 e. The Kier molecular flexibility index (Phi) is 6.07. The van der Waals surface area contributed by atoms with Gasteiger partial charge in [0.2, 0.25) is 0 Å². The van der Waals surface area contributed by atoms with Gasteiger partial charge in [-0.25, -0.2) is 4.79 Å². The maximum absolute atomic E-state index is 12.3. The molecule has 0 saturated heterocycles. The van der Waals surface area contributed by atoms with Crippen molar-refractivity contribution in [3.63, 3.8) is 0 Å². The van der Waals surface area contributed by atoms with Crippen LogP contribution in [-0.2, 0) is 6.42 Å². The van der Waals surface area contributed by atoms with Gasteiger partial charge in [0, 0.05) is 34.1 Å². The summed E-state index contributed by atoms with van der Waals surface area (Å²) in [6, 6.07) is 12.7. The molecule has 0 fully saturated rings. The molecule has 0 spiro atoms. The van der Waals surface area contributed by atoms with Gasteiger partial charge in [-0.3, -0.25) is 9.59 Å². The molecule has 29 heavy (non-hydrogen) atoms. The van der Waals surface area contributed by atoms with Crippen molar-refractivity contribution in [3.8, 4) is 0 Å². The summed E-state index contributed by atoms with van der Waals surface area (Å²) in [5.41, 5.74) is 3.90. The van der Waals surface area contributed by atoms with E-state index in [1.54, 1.807) is 24.3 Å². The average Bonchev–Trinajstić information content (AvgIpc) is 3.15. The van der Waals surface area contributed by atoms with Crippen LogP contribution in [0.1, 0.15) is 73.2 Å². The van der Waals surface area contributed by atoms with Crippen LogP contribution in [-0.4, -0.2) is 27.6 Å². The molecule has 0 amide bonds. The van der Waals surface area contributed by atoms with Crippen LogP contribution in [0.2, 0.25) is 0 Å². The van der Waals surface area contributed by atoms with E-state index in [4.69, 9.17) is 5.11 Å². The van der Waals surface area contributed by atoms with E-state index < -0.39 is 5.97 Å². The number of nitrogens with one attached hydrogen (secondary N) is 1. The van der Waals surface area contributed by atoms with Gasteiger partial charge in [0.05, 0.1) is 5.56 Å². The second-order valence-electron chi connectivity index (χ2n) is 7.00. The number of unbranched alkanes of at least 4 members (excludes halogenated alkanes) is 1. The molecule has 0 saturated carbocycles. The van der Waals surface area contributed by atoms with Crippen molar-refractivity contribution in [1.82, 2.24) is 4.98 Å². The third kappa shape index (κ3) is 4.19. The van der Waals surface area contributed by atoms with Crippen molar-refractivity contribution in [1.29, 1.82) is 0 Å². The van der Waals surface area contributed by atoms with Gasteiger partial charge in [-0.05, 0) is 49.6 Å². The first-order valence-corrected chi connectivity index (χ1v) is 9.62. The lowest BCUT2D eigenvalue weighted by Gasteiger charge is -2.17. The third-order valence-electron chi connectivity index (χ3n) is 5.04. The quantitative estimate of drug-likeness (QED) is 0.523. The lowest BCUT2D eigenvalue weighted by Crippen LogP contribution is -2.21. The fourth-order valence-electron chi connectivity index (χ4n) is 3.36. The van der Waals surface area contributed by atoms with E-state index in [0.717, 1.165) is 0 Å². The number of rotatable bonds is 4. The van der Waals surface area contributed by atoms with Gasteiger partial charge < -0.3 is 10.1 Å². The number of aromatic carboxylic acids is 1. The molecule has 0 atom stereocenters. The van der Waals surface area contributed by atoms with Crippen LogP contribution in [0.25, 0.3) is 0 Å². The standard InChI is InChI=1S/C15H8O4.C9H15N/c16-13-9-3-1-2-4-10(9)14(17)12-7-8(15(18)19)5-6-11(12)13;1-3-4-5-9-6-7-10-8(9)2/h1-7H,(H,18,19);6-7,10H,3-5H2,1-2H3. The van der Waals surface area contributed by atoms with E-state index in [0.29, 0.717) is 11.1 Å². The molecule has 1 aliphatic carbocycles. The number of carboxylic acids is 1. The largest absolute Gasteiger partial charge is 0.478 e. The fourth-order valence-corrected chi connectivity index (χ4v) is 3.36. The molecule has 0 radical (unpaired) electrons.